The zero-order valence-electron chi connectivity index (χ0n) is 13.3. The van der Waals surface area contributed by atoms with Gasteiger partial charge in [-0.25, -0.2) is 0 Å². The summed E-state index contributed by atoms with van der Waals surface area (Å²) in [5.41, 5.74) is 1.62. The average molecular weight is 405 g/mol. The number of ether oxygens (including phenoxy) is 2. The maximum absolute atomic E-state index is 10.5. The molecule has 8 heteroatoms. The molecule has 2 aromatic rings. The van der Waals surface area contributed by atoms with E-state index in [4.69, 9.17) is 49.4 Å². The maximum atomic E-state index is 10.5. The summed E-state index contributed by atoms with van der Waals surface area (Å²) in [7, 11) is 1.51. The molecule has 0 aliphatic carbocycles. The lowest BCUT2D eigenvalue weighted by Gasteiger charge is -2.14. The summed E-state index contributed by atoms with van der Waals surface area (Å²) in [6.07, 6.45) is 0. The Hall–Kier alpha value is -1.66. The molecule has 0 bridgehead atoms. The number of halogens is 3. The van der Waals surface area contributed by atoms with Gasteiger partial charge < -0.3 is 19.9 Å². The van der Waals surface area contributed by atoms with Gasteiger partial charge in [-0.1, -0.05) is 40.9 Å². The Labute approximate surface area is 160 Å². The van der Waals surface area contributed by atoms with Gasteiger partial charge in [-0.2, -0.15) is 0 Å². The summed E-state index contributed by atoms with van der Waals surface area (Å²) in [4.78, 5) is 10.5. The first kappa shape index (κ1) is 19.7. The number of carbonyl (C=O) groups is 1. The van der Waals surface area contributed by atoms with Crippen LogP contribution in [0.5, 0.6) is 11.5 Å². The lowest BCUT2D eigenvalue weighted by atomic mass is 10.2. The zero-order chi connectivity index (χ0) is 18.4. The van der Waals surface area contributed by atoms with Crippen LogP contribution >= 0.6 is 34.8 Å². The van der Waals surface area contributed by atoms with Crippen molar-refractivity contribution in [3.05, 3.63) is 56.5 Å². The summed E-state index contributed by atoms with van der Waals surface area (Å²) in [6, 6.07) is 8.65. The van der Waals surface area contributed by atoms with Crippen LogP contribution in [-0.4, -0.2) is 24.7 Å². The molecule has 0 saturated carbocycles. The highest BCUT2D eigenvalue weighted by Crippen LogP contribution is 2.37. The van der Waals surface area contributed by atoms with Crippen molar-refractivity contribution in [2.24, 2.45) is 0 Å². The topological polar surface area (TPSA) is 67.8 Å². The SMILES string of the molecule is COc1cc(CNCC(=O)O)cc(Cl)c1OCc1ccc(Cl)c(Cl)c1. The van der Waals surface area contributed by atoms with Gasteiger partial charge in [-0.15, -0.1) is 0 Å². The normalized spacial score (nSPS) is 10.6. The predicted molar refractivity (Wildman–Crippen MR) is 98.1 cm³/mol. The fourth-order valence-electron chi connectivity index (χ4n) is 2.11. The molecular weight excluding hydrogens is 389 g/mol. The number of aliphatic carboxylic acids is 1. The lowest BCUT2D eigenvalue weighted by molar-refractivity contribution is -0.135. The van der Waals surface area contributed by atoms with Crippen molar-refractivity contribution in [1.29, 1.82) is 0 Å². The molecule has 0 fully saturated rings. The van der Waals surface area contributed by atoms with Gasteiger partial charge in [0.1, 0.15) is 6.61 Å². The molecule has 0 saturated heterocycles. The molecule has 0 aliphatic rings. The summed E-state index contributed by atoms with van der Waals surface area (Å²) in [5, 5.41) is 12.7. The van der Waals surface area contributed by atoms with E-state index in [-0.39, 0.29) is 13.2 Å². The Morgan fingerprint density at radius 1 is 1.08 bits per heavy atom. The Balaban J connectivity index is 2.11. The quantitative estimate of drug-likeness (QED) is 0.682. The highest BCUT2D eigenvalue weighted by molar-refractivity contribution is 6.42. The van der Waals surface area contributed by atoms with Crippen LogP contribution in [-0.2, 0) is 17.9 Å². The van der Waals surface area contributed by atoms with Crippen LogP contribution in [0.15, 0.2) is 30.3 Å². The number of nitrogens with one attached hydrogen (secondary N) is 1. The van der Waals surface area contributed by atoms with Gasteiger partial charge in [0.15, 0.2) is 11.5 Å². The molecule has 2 N–H and O–H groups in total. The van der Waals surface area contributed by atoms with Crippen LogP contribution in [0.4, 0.5) is 0 Å². The van der Waals surface area contributed by atoms with Crippen LogP contribution in [0.2, 0.25) is 15.1 Å². The van der Waals surface area contributed by atoms with E-state index in [1.54, 1.807) is 30.3 Å². The van der Waals surface area contributed by atoms with Crippen molar-refractivity contribution in [3.63, 3.8) is 0 Å². The van der Waals surface area contributed by atoms with E-state index in [2.05, 4.69) is 5.32 Å². The van der Waals surface area contributed by atoms with E-state index >= 15 is 0 Å². The van der Waals surface area contributed by atoms with Crippen LogP contribution in [0.25, 0.3) is 0 Å². The molecule has 25 heavy (non-hydrogen) atoms. The van der Waals surface area contributed by atoms with Gasteiger partial charge >= 0.3 is 5.97 Å². The molecule has 2 aromatic carbocycles. The number of methoxy groups -OCH3 is 1. The minimum absolute atomic E-state index is 0.143. The first-order valence-corrected chi connectivity index (χ1v) is 8.39. The second kappa shape index (κ2) is 9.15. The molecule has 134 valence electrons. The van der Waals surface area contributed by atoms with Crippen molar-refractivity contribution in [2.75, 3.05) is 13.7 Å². The number of carboxylic acids is 1. The van der Waals surface area contributed by atoms with Crippen molar-refractivity contribution < 1.29 is 19.4 Å². The summed E-state index contributed by atoms with van der Waals surface area (Å²) in [6.45, 7) is 0.439. The molecule has 0 unspecified atom stereocenters. The largest absolute Gasteiger partial charge is 0.493 e. The third-order valence-corrected chi connectivity index (χ3v) is 4.28. The average Bonchev–Trinajstić information content (AvgIpc) is 2.56. The summed E-state index contributed by atoms with van der Waals surface area (Å²) >= 11 is 18.2. The fourth-order valence-corrected chi connectivity index (χ4v) is 2.72. The van der Waals surface area contributed by atoms with Crippen molar-refractivity contribution >= 4 is 40.8 Å². The monoisotopic (exact) mass is 403 g/mol. The highest BCUT2D eigenvalue weighted by Gasteiger charge is 2.13. The third-order valence-electron chi connectivity index (χ3n) is 3.26. The van der Waals surface area contributed by atoms with Crippen molar-refractivity contribution in [1.82, 2.24) is 5.32 Å². The smallest absolute Gasteiger partial charge is 0.317 e. The van der Waals surface area contributed by atoms with Crippen molar-refractivity contribution in [2.45, 2.75) is 13.2 Å². The van der Waals surface area contributed by atoms with E-state index in [0.29, 0.717) is 33.1 Å². The predicted octanol–water partition coefficient (Wildman–Crippen LogP) is 4.41. The summed E-state index contributed by atoms with van der Waals surface area (Å²) < 4.78 is 11.1. The van der Waals surface area contributed by atoms with Gasteiger partial charge in [0, 0.05) is 6.54 Å². The molecule has 0 spiro atoms. The van der Waals surface area contributed by atoms with E-state index in [9.17, 15) is 4.79 Å². The van der Waals surface area contributed by atoms with Gasteiger partial charge in [0.25, 0.3) is 0 Å². The van der Waals surface area contributed by atoms with Crippen LogP contribution < -0.4 is 14.8 Å². The maximum Gasteiger partial charge on any atom is 0.317 e. The number of rotatable bonds is 8. The van der Waals surface area contributed by atoms with E-state index < -0.39 is 5.97 Å². The minimum atomic E-state index is -0.931. The molecule has 2 rings (SSSR count). The van der Waals surface area contributed by atoms with Gasteiger partial charge in [0.2, 0.25) is 0 Å². The Morgan fingerprint density at radius 2 is 1.80 bits per heavy atom. The van der Waals surface area contributed by atoms with E-state index in [0.717, 1.165) is 11.1 Å². The fraction of sp³-hybridized carbons (Fsp3) is 0.235. The number of hydrogen-bond acceptors (Lipinski definition) is 4. The molecule has 0 aromatic heterocycles. The minimum Gasteiger partial charge on any atom is -0.493 e. The molecule has 0 heterocycles. The second-order valence-electron chi connectivity index (χ2n) is 5.14. The molecular formula is C17H16Cl3NO4. The van der Waals surface area contributed by atoms with Gasteiger partial charge in [-0.3, -0.25) is 4.79 Å². The molecule has 5 nitrogen and oxygen atoms in total. The van der Waals surface area contributed by atoms with Crippen LogP contribution in [0.3, 0.4) is 0 Å². The Kier molecular flexibility index (Phi) is 7.20. The first-order valence-electron chi connectivity index (χ1n) is 7.26. The number of benzene rings is 2. The van der Waals surface area contributed by atoms with Crippen LogP contribution in [0.1, 0.15) is 11.1 Å². The van der Waals surface area contributed by atoms with Gasteiger partial charge in [-0.05, 0) is 35.4 Å². The first-order chi connectivity index (χ1) is 11.9. The lowest BCUT2D eigenvalue weighted by Crippen LogP contribution is -2.21. The standard InChI is InChI=1S/C17H16Cl3NO4/c1-24-15-6-11(7-21-8-16(22)23)5-14(20)17(15)25-9-10-2-3-12(18)13(19)4-10/h2-6,21H,7-9H2,1H3,(H,22,23). The molecule has 0 aliphatic heterocycles. The molecule has 0 amide bonds. The Morgan fingerprint density at radius 3 is 2.44 bits per heavy atom. The van der Waals surface area contributed by atoms with E-state index in [1.807, 2.05) is 0 Å². The van der Waals surface area contributed by atoms with Crippen LogP contribution in [0, 0.1) is 0 Å². The molecule has 0 radical (unpaired) electrons. The zero-order valence-corrected chi connectivity index (χ0v) is 15.6. The number of carboxylic acid groups (broad SMARTS) is 1. The molecule has 0 atom stereocenters. The highest BCUT2D eigenvalue weighted by atomic mass is 35.5. The Bertz CT molecular complexity index is 768. The van der Waals surface area contributed by atoms with E-state index in [1.165, 1.54) is 7.11 Å². The van der Waals surface area contributed by atoms with Crippen molar-refractivity contribution in [3.8, 4) is 11.5 Å². The third kappa shape index (κ3) is 5.68. The summed E-state index contributed by atoms with van der Waals surface area (Å²) in [5.74, 6) is -0.0726. The second-order valence-corrected chi connectivity index (χ2v) is 6.37. The number of hydrogen-bond donors (Lipinski definition) is 2. The van der Waals surface area contributed by atoms with Gasteiger partial charge in [0.05, 0.1) is 28.7 Å².